The van der Waals surface area contributed by atoms with Gasteiger partial charge in [-0.3, -0.25) is 27.5 Å². The largest absolute Gasteiger partial charge is 3.00 e. The standard InChI is InChI=1S/C18H24N2.2C12H8F2NO.F6P.Ir/c1-17(2,3)13-7-9-19-15(11-13)16-12-14(8-10-20-16)18(4,5)6;2*1-16-9-3-5-12(15-7-9)10-4-2-8(13)6-11(10)14;1-7(2,3,4,5)6;/h7-12H,1-6H3;2*2-3,5-7H,1H3;;/q;3*-1;+3. The zero-order valence-corrected chi connectivity index (χ0v) is 36.7. The van der Waals surface area contributed by atoms with Gasteiger partial charge < -0.3 is 19.4 Å². The second kappa shape index (κ2) is 19.6. The van der Waals surface area contributed by atoms with Crippen molar-refractivity contribution < 1.29 is 72.3 Å². The molecule has 0 aliphatic rings. The molecule has 60 heavy (non-hydrogen) atoms. The number of nitrogens with zero attached hydrogens (tertiary/aromatic N) is 4. The van der Waals surface area contributed by atoms with Crippen LogP contribution in [0, 0.1) is 35.4 Å². The van der Waals surface area contributed by atoms with Gasteiger partial charge in [0.2, 0.25) is 0 Å². The third-order valence-electron chi connectivity index (χ3n) is 7.69. The van der Waals surface area contributed by atoms with Crippen LogP contribution in [0.1, 0.15) is 52.7 Å². The Morgan fingerprint density at radius 1 is 0.500 bits per heavy atom. The molecule has 0 spiro atoms. The molecule has 6 nitrogen and oxygen atoms in total. The summed E-state index contributed by atoms with van der Waals surface area (Å²) in [7, 11) is -7.63. The fourth-order valence-corrected chi connectivity index (χ4v) is 4.65. The van der Waals surface area contributed by atoms with Crippen LogP contribution in [0.2, 0.25) is 0 Å². The minimum absolute atomic E-state index is 0. The molecule has 2 aromatic carbocycles. The summed E-state index contributed by atoms with van der Waals surface area (Å²) in [6.07, 6.45) is 6.68. The summed E-state index contributed by atoms with van der Waals surface area (Å²) in [5.41, 5.74) is 5.77. The average molecular weight is 1050 g/mol. The zero-order valence-electron chi connectivity index (χ0n) is 33.4. The molecule has 6 rings (SSSR count). The molecule has 0 atom stereocenters. The molecule has 0 aliphatic heterocycles. The molecule has 0 aliphatic carbocycles. The fourth-order valence-electron chi connectivity index (χ4n) is 4.65. The van der Waals surface area contributed by atoms with Gasteiger partial charge in [-0.25, -0.2) is 0 Å². The van der Waals surface area contributed by atoms with E-state index < -0.39 is 31.1 Å². The van der Waals surface area contributed by atoms with Gasteiger partial charge in [0.1, 0.15) is 11.5 Å². The molecule has 0 saturated carbocycles. The van der Waals surface area contributed by atoms with Crippen LogP contribution in [0.15, 0.2) is 97.6 Å². The Kier molecular flexibility index (Phi) is 16.7. The number of hydrogen-bond donors (Lipinski definition) is 0. The van der Waals surface area contributed by atoms with E-state index >= 15 is 0 Å². The maximum Gasteiger partial charge on any atom is 3.00 e. The number of hydrogen-bond acceptors (Lipinski definition) is 6. The van der Waals surface area contributed by atoms with Crippen LogP contribution in [0.25, 0.3) is 33.9 Å². The fraction of sp³-hybridized carbons (Fsp3) is 0.238. The van der Waals surface area contributed by atoms with Gasteiger partial charge >= 0.3 is 53.1 Å². The summed E-state index contributed by atoms with van der Waals surface area (Å²) in [5, 5.41) is 0. The van der Waals surface area contributed by atoms with Crippen molar-refractivity contribution in [3.8, 4) is 45.4 Å². The normalized spacial score (nSPS) is 12.3. The summed E-state index contributed by atoms with van der Waals surface area (Å²) >= 11 is 0. The monoisotopic (exact) mass is 1050 g/mol. The van der Waals surface area contributed by atoms with Crippen molar-refractivity contribution in [2.24, 2.45) is 0 Å². The maximum atomic E-state index is 13.4. The summed E-state index contributed by atoms with van der Waals surface area (Å²) in [6.45, 7) is 13.3. The van der Waals surface area contributed by atoms with Gasteiger partial charge in [-0.15, -0.1) is 24.3 Å². The van der Waals surface area contributed by atoms with Crippen molar-refractivity contribution >= 4 is 7.81 Å². The summed E-state index contributed by atoms with van der Waals surface area (Å²) < 4.78 is 121. The third-order valence-corrected chi connectivity index (χ3v) is 7.69. The van der Waals surface area contributed by atoms with E-state index in [4.69, 9.17) is 9.47 Å². The zero-order chi connectivity index (χ0) is 44.5. The second-order valence-electron chi connectivity index (χ2n) is 14.6. The number of benzene rings is 2. The van der Waals surface area contributed by atoms with Crippen LogP contribution in [-0.4, -0.2) is 34.2 Å². The summed E-state index contributed by atoms with van der Waals surface area (Å²) in [4.78, 5) is 17.0. The third kappa shape index (κ3) is 18.1. The second-order valence-corrected chi connectivity index (χ2v) is 16.5. The van der Waals surface area contributed by atoms with E-state index in [1.165, 1.54) is 37.7 Å². The molecule has 0 unspecified atom stereocenters. The van der Waals surface area contributed by atoms with Crippen LogP contribution in [0.5, 0.6) is 11.5 Å². The molecule has 0 radical (unpaired) electrons. The van der Waals surface area contributed by atoms with Crippen molar-refractivity contribution in [1.29, 1.82) is 0 Å². The van der Waals surface area contributed by atoms with E-state index in [9.17, 15) is 42.7 Å². The van der Waals surface area contributed by atoms with Crippen LogP contribution in [0.4, 0.5) is 42.7 Å². The van der Waals surface area contributed by atoms with Crippen molar-refractivity contribution in [1.82, 2.24) is 19.9 Å². The first-order valence-electron chi connectivity index (χ1n) is 17.3. The molecule has 0 fully saturated rings. The Hall–Kier alpha value is -4.98. The van der Waals surface area contributed by atoms with E-state index in [0.717, 1.165) is 35.7 Å². The Balaban J connectivity index is 0.000000287. The van der Waals surface area contributed by atoms with E-state index in [0.29, 0.717) is 22.9 Å². The van der Waals surface area contributed by atoms with Crippen molar-refractivity contribution in [3.63, 3.8) is 0 Å². The minimum Gasteiger partial charge on any atom is 3.00 e. The van der Waals surface area contributed by atoms with Gasteiger partial charge in [0.25, 0.3) is 0 Å². The number of methoxy groups -OCH3 is 2. The first-order chi connectivity index (χ1) is 27.0. The predicted molar refractivity (Wildman–Crippen MR) is 208 cm³/mol. The van der Waals surface area contributed by atoms with Crippen molar-refractivity contribution in [2.75, 3.05) is 14.2 Å². The number of rotatable bonds is 5. The smallest absolute Gasteiger partial charge is 3.00 e. The first kappa shape index (κ1) is 51.2. The Bertz CT molecular complexity index is 2160. The van der Waals surface area contributed by atoms with Gasteiger partial charge in [0, 0.05) is 35.7 Å². The molecule has 0 amide bonds. The molecule has 0 bridgehead atoms. The number of halogens is 10. The van der Waals surface area contributed by atoms with Gasteiger partial charge in [0.05, 0.1) is 38.0 Å². The van der Waals surface area contributed by atoms with Crippen LogP contribution in [-0.2, 0) is 30.9 Å². The van der Waals surface area contributed by atoms with E-state index in [1.807, 2.05) is 12.4 Å². The van der Waals surface area contributed by atoms with Crippen LogP contribution in [0.3, 0.4) is 0 Å². The summed E-state index contributed by atoms with van der Waals surface area (Å²) in [6, 6.07) is 23.7. The van der Waals surface area contributed by atoms with Crippen molar-refractivity contribution in [3.05, 3.63) is 144 Å². The molecule has 324 valence electrons. The van der Waals surface area contributed by atoms with E-state index in [2.05, 4.69) is 97.9 Å². The van der Waals surface area contributed by atoms with E-state index in [1.54, 1.807) is 24.3 Å². The molecule has 0 N–H and O–H groups in total. The molecule has 0 saturated heterocycles. The molecule has 4 heterocycles. The maximum absolute atomic E-state index is 13.4. The van der Waals surface area contributed by atoms with Gasteiger partial charge in [0.15, 0.2) is 0 Å². The minimum atomic E-state index is -10.7. The molecular weight excluding hydrogens is 1010 g/mol. The van der Waals surface area contributed by atoms with Crippen LogP contribution >= 0.6 is 7.81 Å². The Morgan fingerprint density at radius 2 is 0.833 bits per heavy atom. The quantitative estimate of drug-likeness (QED) is 0.0973. The Labute approximate surface area is 355 Å². The average Bonchev–Trinajstić information content (AvgIpc) is 3.14. The number of ether oxygens (including phenoxy) is 2. The summed E-state index contributed by atoms with van der Waals surface area (Å²) in [5.74, 6) is -1.53. The SMILES string of the molecule is CC(C)(C)c1ccnc(-c2cc(C(C)(C)C)ccn2)c1.COc1ccc(-c2[c-]cc(F)cc2F)nc1.COc1ccc(-c2[c-]cc(F)cc2F)nc1.F[P-](F)(F)(F)(F)F.[Ir+3]. The molecule has 4 aromatic heterocycles. The topological polar surface area (TPSA) is 70.0 Å². The van der Waals surface area contributed by atoms with Gasteiger partial charge in [-0.1, -0.05) is 76.9 Å². The van der Waals surface area contributed by atoms with Gasteiger partial charge in [-0.2, -0.15) is 0 Å². The molecule has 18 heteroatoms. The Morgan fingerprint density at radius 3 is 1.08 bits per heavy atom. The van der Waals surface area contributed by atoms with Crippen LogP contribution < -0.4 is 9.47 Å². The molecule has 6 aromatic rings. The van der Waals surface area contributed by atoms with E-state index in [-0.39, 0.29) is 42.1 Å². The van der Waals surface area contributed by atoms with Gasteiger partial charge in [-0.05, 0) is 69.7 Å². The van der Waals surface area contributed by atoms with Crippen molar-refractivity contribution in [2.45, 2.75) is 52.4 Å². The predicted octanol–water partition coefficient (Wildman–Crippen LogP) is 13.8. The first-order valence-corrected chi connectivity index (χ1v) is 19.3. The number of aromatic nitrogens is 4. The molecular formula is C42H40F10IrN4O2P. The number of pyridine rings is 4.